The molecule has 0 fully saturated rings. The van der Waals surface area contributed by atoms with Crippen molar-refractivity contribution in [1.29, 1.82) is 0 Å². The Bertz CT molecular complexity index is 892. The van der Waals surface area contributed by atoms with Gasteiger partial charge < -0.3 is 14.8 Å². The number of amides is 1. The molecule has 1 amide bonds. The molecule has 164 valence electrons. The van der Waals surface area contributed by atoms with Crippen LogP contribution in [-0.2, 0) is 17.3 Å². The molecule has 0 spiro atoms. The molecule has 1 heterocycles. The molecule has 0 bridgehead atoms. The van der Waals surface area contributed by atoms with E-state index in [9.17, 15) is 4.79 Å². The van der Waals surface area contributed by atoms with Crippen molar-refractivity contribution in [2.45, 2.75) is 84.0 Å². The summed E-state index contributed by atoms with van der Waals surface area (Å²) in [7, 11) is 0. The van der Waals surface area contributed by atoms with Crippen LogP contribution in [0.1, 0.15) is 98.4 Å². The fourth-order valence-corrected chi connectivity index (χ4v) is 4.44. The van der Waals surface area contributed by atoms with Crippen molar-refractivity contribution < 1.29 is 14.3 Å². The van der Waals surface area contributed by atoms with Crippen LogP contribution in [0.3, 0.4) is 0 Å². The first kappa shape index (κ1) is 22.6. The number of rotatable bonds is 8. The van der Waals surface area contributed by atoms with Crippen molar-refractivity contribution in [3.63, 3.8) is 0 Å². The predicted octanol–water partition coefficient (Wildman–Crippen LogP) is 5.42. The topological polar surface area (TPSA) is 62.5 Å². The number of carbonyl (C=O) groups is 1. The zero-order valence-electron chi connectivity index (χ0n) is 19.2. The van der Waals surface area contributed by atoms with Gasteiger partial charge in [0.15, 0.2) is 5.76 Å². The monoisotopic (exact) mass is 411 g/mol. The molecule has 1 aromatic carbocycles. The van der Waals surface area contributed by atoms with Gasteiger partial charge in [-0.25, -0.2) is 0 Å². The number of fused-ring (bicyclic) bond motifs is 1. The van der Waals surface area contributed by atoms with Gasteiger partial charge >= 0.3 is 0 Å². The van der Waals surface area contributed by atoms with Gasteiger partial charge in [-0.3, -0.25) is 4.79 Å². The number of hydrogen-bond donors (Lipinski definition) is 2. The smallest absolute Gasteiger partial charge is 0.286 e. The molecule has 2 aromatic rings. The number of nitrogens with one attached hydrogen (secondary N) is 1. The fraction of sp³-hybridized carbons (Fsp3) is 0.577. The Morgan fingerprint density at radius 1 is 1.03 bits per heavy atom. The first-order valence-corrected chi connectivity index (χ1v) is 11.3. The average molecular weight is 412 g/mol. The van der Waals surface area contributed by atoms with E-state index in [0.717, 1.165) is 25.0 Å². The molecule has 30 heavy (non-hydrogen) atoms. The molecule has 1 aliphatic rings. The van der Waals surface area contributed by atoms with Crippen LogP contribution in [-0.4, -0.2) is 24.2 Å². The van der Waals surface area contributed by atoms with Gasteiger partial charge in [0, 0.05) is 19.6 Å². The SMILES string of the molecule is Cc1cc2c(cc1Cc1ccc(C(=O)NCCCCCO)o1)C(C)(C)CCC2(C)C. The summed E-state index contributed by atoms with van der Waals surface area (Å²) in [6, 6.07) is 8.41. The second-order valence-corrected chi connectivity index (χ2v) is 10.1. The van der Waals surface area contributed by atoms with Gasteiger partial charge in [0.1, 0.15) is 5.76 Å². The van der Waals surface area contributed by atoms with Crippen molar-refractivity contribution in [3.05, 3.63) is 58.0 Å². The summed E-state index contributed by atoms with van der Waals surface area (Å²) in [5, 5.41) is 11.7. The summed E-state index contributed by atoms with van der Waals surface area (Å²) in [5.74, 6) is 1.01. The number of aliphatic hydroxyl groups is 1. The lowest BCUT2D eigenvalue weighted by Crippen LogP contribution is -2.34. The minimum absolute atomic E-state index is 0.171. The van der Waals surface area contributed by atoms with Gasteiger partial charge in [-0.1, -0.05) is 39.8 Å². The standard InChI is InChI=1S/C26H37NO3/c1-18-15-21-22(26(4,5)12-11-25(21,2)3)17-19(18)16-20-9-10-23(30-20)24(29)27-13-7-6-8-14-28/h9-10,15,17,28H,6-8,11-14,16H2,1-5H3,(H,27,29). The van der Waals surface area contributed by atoms with Crippen LogP contribution in [0.5, 0.6) is 0 Å². The van der Waals surface area contributed by atoms with E-state index in [0.29, 0.717) is 18.7 Å². The zero-order chi connectivity index (χ0) is 21.9. The molecule has 4 nitrogen and oxygen atoms in total. The Balaban J connectivity index is 1.73. The van der Waals surface area contributed by atoms with Crippen molar-refractivity contribution >= 4 is 5.91 Å². The molecular formula is C26H37NO3. The second-order valence-electron chi connectivity index (χ2n) is 10.1. The van der Waals surface area contributed by atoms with Gasteiger partial charge in [0.05, 0.1) is 0 Å². The molecule has 0 radical (unpaired) electrons. The van der Waals surface area contributed by atoms with Crippen LogP contribution in [0.25, 0.3) is 0 Å². The fourth-order valence-electron chi connectivity index (χ4n) is 4.44. The van der Waals surface area contributed by atoms with Crippen LogP contribution in [0, 0.1) is 6.92 Å². The third-order valence-corrected chi connectivity index (χ3v) is 6.68. The Kier molecular flexibility index (Phi) is 6.76. The van der Waals surface area contributed by atoms with Gasteiger partial charge in [-0.2, -0.15) is 0 Å². The quantitative estimate of drug-likeness (QED) is 0.570. The second kappa shape index (κ2) is 8.97. The number of furan rings is 1. The third-order valence-electron chi connectivity index (χ3n) is 6.68. The molecule has 0 unspecified atom stereocenters. The van der Waals surface area contributed by atoms with Gasteiger partial charge in [-0.05, 0) is 84.2 Å². The van der Waals surface area contributed by atoms with Gasteiger partial charge in [0.25, 0.3) is 5.91 Å². The molecule has 0 aliphatic heterocycles. The van der Waals surface area contributed by atoms with Crippen LogP contribution in [0.2, 0.25) is 0 Å². The average Bonchev–Trinajstić information content (AvgIpc) is 3.15. The molecule has 0 atom stereocenters. The summed E-state index contributed by atoms with van der Waals surface area (Å²) < 4.78 is 5.87. The van der Waals surface area contributed by atoms with Gasteiger partial charge in [-0.15, -0.1) is 0 Å². The summed E-state index contributed by atoms with van der Waals surface area (Å²) >= 11 is 0. The zero-order valence-corrected chi connectivity index (χ0v) is 19.2. The number of aryl methyl sites for hydroxylation is 1. The van der Waals surface area contributed by atoms with E-state index in [1.165, 1.54) is 35.1 Å². The third kappa shape index (κ3) is 4.97. The largest absolute Gasteiger partial charge is 0.456 e. The number of carbonyl (C=O) groups excluding carboxylic acids is 1. The summed E-state index contributed by atoms with van der Waals surface area (Å²) in [4.78, 5) is 12.3. The Morgan fingerprint density at radius 3 is 2.37 bits per heavy atom. The van der Waals surface area contributed by atoms with Crippen LogP contribution >= 0.6 is 0 Å². The highest BCUT2D eigenvalue weighted by Gasteiger charge is 2.37. The molecule has 4 heteroatoms. The number of aliphatic hydroxyl groups excluding tert-OH is 1. The Labute approximate surface area is 181 Å². The van der Waals surface area contributed by atoms with Crippen molar-refractivity contribution in [2.75, 3.05) is 13.2 Å². The predicted molar refractivity (Wildman–Crippen MR) is 121 cm³/mol. The minimum Gasteiger partial charge on any atom is -0.456 e. The normalized spacial score (nSPS) is 16.9. The lowest BCUT2D eigenvalue weighted by Gasteiger charge is -2.42. The van der Waals surface area contributed by atoms with Crippen molar-refractivity contribution in [2.24, 2.45) is 0 Å². The maximum atomic E-state index is 12.3. The molecule has 3 rings (SSSR count). The van der Waals surface area contributed by atoms with Gasteiger partial charge in [0.2, 0.25) is 0 Å². The van der Waals surface area contributed by atoms with E-state index in [1.807, 2.05) is 6.07 Å². The van der Waals surface area contributed by atoms with Crippen LogP contribution < -0.4 is 5.32 Å². The lowest BCUT2D eigenvalue weighted by molar-refractivity contribution is 0.0923. The summed E-state index contributed by atoms with van der Waals surface area (Å²) in [6.07, 6.45) is 5.64. The van der Waals surface area contributed by atoms with Crippen molar-refractivity contribution in [1.82, 2.24) is 5.32 Å². The maximum absolute atomic E-state index is 12.3. The van der Waals surface area contributed by atoms with Crippen LogP contribution in [0.4, 0.5) is 0 Å². The van der Waals surface area contributed by atoms with E-state index in [2.05, 4.69) is 52.1 Å². The van der Waals surface area contributed by atoms with E-state index in [-0.39, 0.29) is 23.3 Å². The van der Waals surface area contributed by atoms with E-state index >= 15 is 0 Å². The highest BCUT2D eigenvalue weighted by Crippen LogP contribution is 2.46. The first-order valence-electron chi connectivity index (χ1n) is 11.3. The lowest BCUT2D eigenvalue weighted by atomic mass is 9.62. The molecule has 1 aromatic heterocycles. The number of benzene rings is 1. The molecule has 2 N–H and O–H groups in total. The highest BCUT2D eigenvalue weighted by molar-refractivity contribution is 5.91. The maximum Gasteiger partial charge on any atom is 0.286 e. The number of unbranched alkanes of at least 4 members (excludes halogenated alkanes) is 2. The molecular weight excluding hydrogens is 374 g/mol. The van der Waals surface area contributed by atoms with E-state index in [1.54, 1.807) is 6.07 Å². The number of hydrogen-bond acceptors (Lipinski definition) is 3. The molecule has 0 saturated carbocycles. The molecule has 1 aliphatic carbocycles. The minimum atomic E-state index is -0.171. The van der Waals surface area contributed by atoms with Crippen molar-refractivity contribution in [3.8, 4) is 0 Å². The molecule has 0 saturated heterocycles. The van der Waals surface area contributed by atoms with E-state index < -0.39 is 0 Å². The van der Waals surface area contributed by atoms with E-state index in [4.69, 9.17) is 9.52 Å². The summed E-state index contributed by atoms with van der Waals surface area (Å²) in [6.45, 7) is 12.4. The first-order chi connectivity index (χ1) is 14.1. The Morgan fingerprint density at radius 2 is 1.70 bits per heavy atom. The Hall–Kier alpha value is -2.07. The summed E-state index contributed by atoms with van der Waals surface area (Å²) in [5.41, 5.74) is 5.86. The van der Waals surface area contributed by atoms with Crippen LogP contribution in [0.15, 0.2) is 28.7 Å². The highest BCUT2D eigenvalue weighted by atomic mass is 16.3.